The number of carbonyl (C=O) groups excluding carboxylic acids is 1. The zero-order valence-corrected chi connectivity index (χ0v) is 13.0. The number of carbonyl (C=O) groups is 1. The zero-order valence-electron chi connectivity index (χ0n) is 13.0. The third-order valence-corrected chi connectivity index (χ3v) is 4.46. The van der Waals surface area contributed by atoms with E-state index in [-0.39, 0.29) is 11.9 Å². The van der Waals surface area contributed by atoms with Crippen molar-refractivity contribution in [1.82, 2.24) is 15.1 Å². The molecule has 1 aromatic rings. The first-order valence-electron chi connectivity index (χ1n) is 8.19. The Morgan fingerprint density at radius 1 is 1.18 bits per heavy atom. The molecule has 2 aliphatic rings. The number of ether oxygens (including phenoxy) is 1. The summed E-state index contributed by atoms with van der Waals surface area (Å²) in [6, 6.07) is 10.4. The van der Waals surface area contributed by atoms with Gasteiger partial charge in [0.05, 0.1) is 13.2 Å². The zero-order chi connectivity index (χ0) is 15.2. The van der Waals surface area contributed by atoms with Gasteiger partial charge < -0.3 is 15.0 Å². The van der Waals surface area contributed by atoms with E-state index in [1.165, 1.54) is 5.56 Å². The molecule has 3 rings (SSSR count). The van der Waals surface area contributed by atoms with E-state index < -0.39 is 0 Å². The van der Waals surface area contributed by atoms with Gasteiger partial charge in [0.2, 0.25) is 5.91 Å². The monoisotopic (exact) mass is 303 g/mol. The van der Waals surface area contributed by atoms with Crippen molar-refractivity contribution in [2.75, 3.05) is 52.5 Å². The summed E-state index contributed by atoms with van der Waals surface area (Å²) in [7, 11) is 0. The summed E-state index contributed by atoms with van der Waals surface area (Å²) in [4.78, 5) is 16.8. The van der Waals surface area contributed by atoms with E-state index in [0.717, 1.165) is 45.7 Å². The second-order valence-electron chi connectivity index (χ2n) is 5.98. The molecule has 5 nitrogen and oxygen atoms in total. The number of morpholine rings is 1. The van der Waals surface area contributed by atoms with Crippen molar-refractivity contribution in [2.45, 2.75) is 12.5 Å². The molecule has 0 radical (unpaired) electrons. The van der Waals surface area contributed by atoms with E-state index in [0.29, 0.717) is 13.2 Å². The standard InChI is InChI=1S/C17H25N3O2/c21-17(16-14-22-13-7-18-16)20-11-9-19(10-12-20)8-6-15-4-2-1-3-5-15/h1-5,16,18H,6-14H2. The summed E-state index contributed by atoms with van der Waals surface area (Å²) < 4.78 is 5.38. The van der Waals surface area contributed by atoms with Crippen molar-refractivity contribution in [3.8, 4) is 0 Å². The van der Waals surface area contributed by atoms with Crippen LogP contribution < -0.4 is 5.32 Å². The molecule has 2 aliphatic heterocycles. The SMILES string of the molecule is O=C(C1COCCN1)N1CCN(CCc2ccccc2)CC1. The van der Waals surface area contributed by atoms with Crippen molar-refractivity contribution < 1.29 is 9.53 Å². The molecule has 2 saturated heterocycles. The van der Waals surface area contributed by atoms with Crippen LogP contribution in [-0.4, -0.2) is 74.2 Å². The minimum atomic E-state index is -0.149. The van der Waals surface area contributed by atoms with Gasteiger partial charge in [-0.15, -0.1) is 0 Å². The van der Waals surface area contributed by atoms with Gasteiger partial charge in [0.1, 0.15) is 6.04 Å². The number of rotatable bonds is 4. The summed E-state index contributed by atoms with van der Waals surface area (Å²) >= 11 is 0. The van der Waals surface area contributed by atoms with Crippen molar-refractivity contribution in [3.63, 3.8) is 0 Å². The molecule has 1 N–H and O–H groups in total. The summed E-state index contributed by atoms with van der Waals surface area (Å²) in [5.74, 6) is 0.197. The highest BCUT2D eigenvalue weighted by molar-refractivity contribution is 5.82. The van der Waals surface area contributed by atoms with Crippen LogP contribution in [0.3, 0.4) is 0 Å². The molecular formula is C17H25N3O2. The number of hydrogen-bond acceptors (Lipinski definition) is 4. The Labute approximate surface area is 132 Å². The third-order valence-electron chi connectivity index (χ3n) is 4.46. The first kappa shape index (κ1) is 15.5. The van der Waals surface area contributed by atoms with Crippen LogP contribution in [0, 0.1) is 0 Å². The lowest BCUT2D eigenvalue weighted by Crippen LogP contribution is -2.57. The Hall–Kier alpha value is -1.43. The van der Waals surface area contributed by atoms with Crippen LogP contribution >= 0.6 is 0 Å². The third kappa shape index (κ3) is 4.06. The van der Waals surface area contributed by atoms with Crippen LogP contribution in [0.15, 0.2) is 30.3 Å². The highest BCUT2D eigenvalue weighted by Crippen LogP contribution is 2.08. The topological polar surface area (TPSA) is 44.8 Å². The van der Waals surface area contributed by atoms with Crippen molar-refractivity contribution >= 4 is 5.91 Å². The van der Waals surface area contributed by atoms with E-state index in [1.807, 2.05) is 4.90 Å². The maximum Gasteiger partial charge on any atom is 0.242 e. The fraction of sp³-hybridized carbons (Fsp3) is 0.588. The summed E-state index contributed by atoms with van der Waals surface area (Å²) in [6.07, 6.45) is 1.08. The van der Waals surface area contributed by atoms with Crippen LogP contribution in [0.1, 0.15) is 5.56 Å². The maximum atomic E-state index is 12.4. The molecule has 2 fully saturated rings. The van der Waals surface area contributed by atoms with Crippen LogP contribution in [0.5, 0.6) is 0 Å². The fourth-order valence-corrected chi connectivity index (χ4v) is 3.07. The second-order valence-corrected chi connectivity index (χ2v) is 5.98. The van der Waals surface area contributed by atoms with Crippen LogP contribution in [-0.2, 0) is 16.0 Å². The predicted octanol–water partition coefficient (Wildman–Crippen LogP) is 0.362. The summed E-state index contributed by atoms with van der Waals surface area (Å²) in [5.41, 5.74) is 1.38. The van der Waals surface area contributed by atoms with Gasteiger partial charge in [0.25, 0.3) is 0 Å². The maximum absolute atomic E-state index is 12.4. The average Bonchev–Trinajstić information content (AvgIpc) is 2.61. The second kappa shape index (κ2) is 7.72. The molecule has 5 heteroatoms. The molecule has 2 heterocycles. The Morgan fingerprint density at radius 2 is 1.95 bits per heavy atom. The van der Waals surface area contributed by atoms with Gasteiger partial charge >= 0.3 is 0 Å². The van der Waals surface area contributed by atoms with Gasteiger partial charge in [-0.05, 0) is 12.0 Å². The molecule has 0 saturated carbocycles. The van der Waals surface area contributed by atoms with E-state index in [2.05, 4.69) is 40.5 Å². The first-order valence-corrected chi connectivity index (χ1v) is 8.19. The lowest BCUT2D eigenvalue weighted by atomic mass is 10.1. The molecule has 1 unspecified atom stereocenters. The van der Waals surface area contributed by atoms with E-state index >= 15 is 0 Å². The Balaban J connectivity index is 1.41. The van der Waals surface area contributed by atoms with Gasteiger partial charge in [-0.1, -0.05) is 30.3 Å². The number of nitrogens with zero attached hydrogens (tertiary/aromatic N) is 2. The van der Waals surface area contributed by atoms with Crippen LogP contribution in [0.2, 0.25) is 0 Å². The molecular weight excluding hydrogens is 278 g/mol. The first-order chi connectivity index (χ1) is 10.8. The number of amides is 1. The molecule has 1 atom stereocenters. The minimum Gasteiger partial charge on any atom is -0.378 e. The van der Waals surface area contributed by atoms with Gasteiger partial charge in [-0.2, -0.15) is 0 Å². The molecule has 1 aromatic carbocycles. The smallest absolute Gasteiger partial charge is 0.242 e. The van der Waals surface area contributed by atoms with E-state index in [1.54, 1.807) is 0 Å². The van der Waals surface area contributed by atoms with Crippen LogP contribution in [0.4, 0.5) is 0 Å². The van der Waals surface area contributed by atoms with Crippen molar-refractivity contribution in [2.24, 2.45) is 0 Å². The number of piperazine rings is 1. The quantitative estimate of drug-likeness (QED) is 0.872. The number of hydrogen-bond donors (Lipinski definition) is 1. The minimum absolute atomic E-state index is 0.149. The highest BCUT2D eigenvalue weighted by Gasteiger charge is 2.28. The fourth-order valence-electron chi connectivity index (χ4n) is 3.07. The molecule has 0 spiro atoms. The Bertz CT molecular complexity index is 466. The van der Waals surface area contributed by atoms with Gasteiger partial charge in [-0.25, -0.2) is 0 Å². The van der Waals surface area contributed by atoms with Gasteiger partial charge in [0, 0.05) is 39.3 Å². The highest BCUT2D eigenvalue weighted by atomic mass is 16.5. The van der Waals surface area contributed by atoms with Crippen molar-refractivity contribution in [3.05, 3.63) is 35.9 Å². The summed E-state index contributed by atoms with van der Waals surface area (Å²) in [6.45, 7) is 6.63. The molecule has 0 aliphatic carbocycles. The molecule has 120 valence electrons. The van der Waals surface area contributed by atoms with Gasteiger partial charge in [-0.3, -0.25) is 9.69 Å². The molecule has 22 heavy (non-hydrogen) atoms. The normalized spacial score (nSPS) is 23.5. The lowest BCUT2D eigenvalue weighted by Gasteiger charge is -2.37. The van der Waals surface area contributed by atoms with E-state index in [9.17, 15) is 4.79 Å². The van der Waals surface area contributed by atoms with Crippen LogP contribution in [0.25, 0.3) is 0 Å². The van der Waals surface area contributed by atoms with E-state index in [4.69, 9.17) is 4.74 Å². The summed E-state index contributed by atoms with van der Waals surface area (Å²) in [5, 5.41) is 3.24. The average molecular weight is 303 g/mol. The van der Waals surface area contributed by atoms with Crippen molar-refractivity contribution in [1.29, 1.82) is 0 Å². The number of benzene rings is 1. The number of nitrogens with one attached hydrogen (secondary N) is 1. The molecule has 0 bridgehead atoms. The lowest BCUT2D eigenvalue weighted by molar-refractivity contribution is -0.138. The Kier molecular flexibility index (Phi) is 5.43. The van der Waals surface area contributed by atoms with Gasteiger partial charge in [0.15, 0.2) is 0 Å². The largest absolute Gasteiger partial charge is 0.378 e. The molecule has 1 amide bonds. The Morgan fingerprint density at radius 3 is 2.64 bits per heavy atom. The predicted molar refractivity (Wildman–Crippen MR) is 85.8 cm³/mol. The molecule has 0 aromatic heterocycles.